The summed E-state index contributed by atoms with van der Waals surface area (Å²) >= 11 is 0. The number of hydrogen-bond donors (Lipinski definition) is 0. The minimum absolute atomic E-state index is 0.173. The van der Waals surface area contributed by atoms with Crippen LogP contribution in [0.5, 0.6) is 0 Å². The van der Waals surface area contributed by atoms with Crippen LogP contribution in [0.1, 0.15) is 46.0 Å². The van der Waals surface area contributed by atoms with E-state index in [4.69, 9.17) is 4.74 Å². The molecule has 0 saturated heterocycles. The summed E-state index contributed by atoms with van der Waals surface area (Å²) in [7, 11) is 0. The number of ether oxygens (including phenoxy) is 1. The summed E-state index contributed by atoms with van der Waals surface area (Å²) in [5.41, 5.74) is -0.185. The van der Waals surface area contributed by atoms with Gasteiger partial charge in [-0.3, -0.25) is 0 Å². The average molecular weight is 182 g/mol. The van der Waals surface area contributed by atoms with Gasteiger partial charge in [-0.1, -0.05) is 32.8 Å². The molecular formula is C11H18O2. The van der Waals surface area contributed by atoms with Crippen LogP contribution in [0, 0.1) is 0 Å². The predicted molar refractivity (Wildman–Crippen MR) is 52.4 cm³/mol. The molecule has 1 aliphatic rings. The maximum Gasteiger partial charge on any atom is 0.330 e. The van der Waals surface area contributed by atoms with E-state index in [1.54, 1.807) is 0 Å². The summed E-state index contributed by atoms with van der Waals surface area (Å²) in [6.45, 7) is 4.26. The molecule has 0 atom stereocenters. The molecule has 13 heavy (non-hydrogen) atoms. The van der Waals surface area contributed by atoms with Gasteiger partial charge in [-0.15, -0.1) is 0 Å². The van der Waals surface area contributed by atoms with Crippen LogP contribution in [0.3, 0.4) is 0 Å². The van der Waals surface area contributed by atoms with Gasteiger partial charge < -0.3 is 4.74 Å². The lowest BCUT2D eigenvalue weighted by atomic mass is 9.87. The van der Waals surface area contributed by atoms with Crippen LogP contribution >= 0.6 is 0 Å². The third-order valence-electron chi connectivity index (χ3n) is 2.47. The fourth-order valence-corrected chi connectivity index (χ4v) is 2.00. The molecule has 1 heterocycles. The Labute approximate surface area is 80.0 Å². The third kappa shape index (κ3) is 2.58. The molecule has 0 saturated carbocycles. The second-order valence-corrected chi connectivity index (χ2v) is 3.71. The molecule has 0 aromatic heterocycles. The molecule has 0 aliphatic carbocycles. The number of carbonyl (C=O) groups is 1. The quantitative estimate of drug-likeness (QED) is 0.625. The molecule has 1 rings (SSSR count). The highest BCUT2D eigenvalue weighted by atomic mass is 16.6. The second-order valence-electron chi connectivity index (χ2n) is 3.71. The van der Waals surface area contributed by atoms with Crippen LogP contribution < -0.4 is 0 Å². The highest BCUT2D eigenvalue weighted by Gasteiger charge is 2.32. The molecule has 0 bridgehead atoms. The zero-order chi connectivity index (χ0) is 9.73. The molecule has 2 nitrogen and oxygen atoms in total. The summed E-state index contributed by atoms with van der Waals surface area (Å²) < 4.78 is 5.43. The Balaban J connectivity index is 2.66. The van der Waals surface area contributed by atoms with Crippen molar-refractivity contribution in [2.75, 3.05) is 0 Å². The van der Waals surface area contributed by atoms with Crippen LogP contribution in [0.2, 0.25) is 0 Å². The summed E-state index contributed by atoms with van der Waals surface area (Å²) in [5, 5.41) is 0. The first-order valence-electron chi connectivity index (χ1n) is 5.12. The van der Waals surface area contributed by atoms with Crippen LogP contribution in [0.15, 0.2) is 12.2 Å². The first kappa shape index (κ1) is 10.3. The molecule has 0 N–H and O–H groups in total. The largest absolute Gasteiger partial charge is 0.456 e. The van der Waals surface area contributed by atoms with Gasteiger partial charge in [-0.05, 0) is 12.8 Å². The van der Waals surface area contributed by atoms with Crippen LogP contribution in [0.25, 0.3) is 0 Å². The van der Waals surface area contributed by atoms with Crippen molar-refractivity contribution in [3.8, 4) is 0 Å². The summed E-state index contributed by atoms with van der Waals surface area (Å²) in [6.07, 6.45) is 8.47. The molecule has 1 aliphatic heterocycles. The average Bonchev–Trinajstić information content (AvgIpc) is 2.04. The Kier molecular flexibility index (Phi) is 3.52. The third-order valence-corrected chi connectivity index (χ3v) is 2.47. The van der Waals surface area contributed by atoms with Crippen molar-refractivity contribution in [1.29, 1.82) is 0 Å². The van der Waals surface area contributed by atoms with Crippen LogP contribution in [0.4, 0.5) is 0 Å². The van der Waals surface area contributed by atoms with Crippen LogP contribution in [-0.4, -0.2) is 11.6 Å². The lowest BCUT2D eigenvalue weighted by Gasteiger charge is -2.34. The molecule has 0 spiro atoms. The zero-order valence-corrected chi connectivity index (χ0v) is 8.51. The molecule has 2 heteroatoms. The number of esters is 1. The SMILES string of the molecule is CCCC1(CCC)CC=CC(=O)O1. The first-order chi connectivity index (χ1) is 6.22. The lowest BCUT2D eigenvalue weighted by molar-refractivity contribution is -0.156. The van der Waals surface area contributed by atoms with E-state index >= 15 is 0 Å². The van der Waals surface area contributed by atoms with E-state index in [0.29, 0.717) is 0 Å². The van der Waals surface area contributed by atoms with Crippen molar-refractivity contribution < 1.29 is 9.53 Å². The normalized spacial score (nSPS) is 20.0. The molecule has 0 unspecified atom stereocenters. The molecule has 0 aromatic carbocycles. The van der Waals surface area contributed by atoms with Crippen molar-refractivity contribution in [3.05, 3.63) is 12.2 Å². The minimum Gasteiger partial charge on any atom is -0.456 e. The number of carbonyl (C=O) groups excluding carboxylic acids is 1. The first-order valence-corrected chi connectivity index (χ1v) is 5.12. The van der Waals surface area contributed by atoms with E-state index in [9.17, 15) is 4.79 Å². The van der Waals surface area contributed by atoms with E-state index in [2.05, 4.69) is 13.8 Å². The van der Waals surface area contributed by atoms with Gasteiger partial charge in [0.25, 0.3) is 0 Å². The van der Waals surface area contributed by atoms with Crippen molar-refractivity contribution in [2.45, 2.75) is 51.6 Å². The number of cyclic esters (lactones) is 1. The van der Waals surface area contributed by atoms with Gasteiger partial charge in [0.05, 0.1) is 0 Å². The molecule has 0 fully saturated rings. The van der Waals surface area contributed by atoms with Gasteiger partial charge in [0.2, 0.25) is 0 Å². The van der Waals surface area contributed by atoms with E-state index in [1.165, 1.54) is 6.08 Å². The fourth-order valence-electron chi connectivity index (χ4n) is 2.00. The minimum atomic E-state index is -0.185. The number of hydrogen-bond acceptors (Lipinski definition) is 2. The Morgan fingerprint density at radius 3 is 2.46 bits per heavy atom. The highest BCUT2D eigenvalue weighted by Crippen LogP contribution is 2.31. The predicted octanol–water partition coefficient (Wildman–Crippen LogP) is 2.83. The monoisotopic (exact) mass is 182 g/mol. The van der Waals surface area contributed by atoms with Gasteiger partial charge in [0.15, 0.2) is 0 Å². The van der Waals surface area contributed by atoms with Gasteiger partial charge in [-0.2, -0.15) is 0 Å². The lowest BCUT2D eigenvalue weighted by Crippen LogP contribution is -2.36. The maximum absolute atomic E-state index is 11.1. The molecule has 0 amide bonds. The van der Waals surface area contributed by atoms with Gasteiger partial charge in [0, 0.05) is 12.5 Å². The standard InChI is InChI=1S/C11H18O2/c1-3-7-11(8-4-2)9-5-6-10(12)13-11/h5-6H,3-4,7-9H2,1-2H3. The van der Waals surface area contributed by atoms with E-state index in [0.717, 1.165) is 32.1 Å². The van der Waals surface area contributed by atoms with E-state index in [-0.39, 0.29) is 11.6 Å². The smallest absolute Gasteiger partial charge is 0.330 e. The Hall–Kier alpha value is -0.790. The van der Waals surface area contributed by atoms with E-state index in [1.807, 2.05) is 6.08 Å². The second kappa shape index (κ2) is 4.45. The summed E-state index contributed by atoms with van der Waals surface area (Å²) in [6, 6.07) is 0. The Morgan fingerprint density at radius 1 is 1.38 bits per heavy atom. The zero-order valence-electron chi connectivity index (χ0n) is 8.51. The topological polar surface area (TPSA) is 26.3 Å². The number of rotatable bonds is 4. The Bertz CT molecular complexity index is 200. The van der Waals surface area contributed by atoms with Gasteiger partial charge >= 0.3 is 5.97 Å². The Morgan fingerprint density at radius 2 is 2.00 bits per heavy atom. The summed E-state index contributed by atoms with van der Waals surface area (Å²) in [5.74, 6) is -0.173. The fraction of sp³-hybridized carbons (Fsp3) is 0.727. The van der Waals surface area contributed by atoms with Crippen molar-refractivity contribution >= 4 is 5.97 Å². The van der Waals surface area contributed by atoms with Crippen molar-refractivity contribution in [2.24, 2.45) is 0 Å². The van der Waals surface area contributed by atoms with Crippen LogP contribution in [-0.2, 0) is 9.53 Å². The maximum atomic E-state index is 11.1. The molecular weight excluding hydrogens is 164 g/mol. The highest BCUT2D eigenvalue weighted by molar-refractivity contribution is 5.83. The molecule has 0 aromatic rings. The molecule has 0 radical (unpaired) electrons. The molecule has 74 valence electrons. The van der Waals surface area contributed by atoms with Crippen molar-refractivity contribution in [3.63, 3.8) is 0 Å². The van der Waals surface area contributed by atoms with E-state index < -0.39 is 0 Å². The van der Waals surface area contributed by atoms with Gasteiger partial charge in [-0.25, -0.2) is 4.79 Å². The summed E-state index contributed by atoms with van der Waals surface area (Å²) in [4.78, 5) is 11.1. The van der Waals surface area contributed by atoms with Crippen molar-refractivity contribution in [1.82, 2.24) is 0 Å². The van der Waals surface area contributed by atoms with Gasteiger partial charge in [0.1, 0.15) is 5.60 Å².